The van der Waals surface area contributed by atoms with E-state index < -0.39 is 0 Å². The van der Waals surface area contributed by atoms with E-state index >= 15 is 0 Å². The zero-order valence-electron chi connectivity index (χ0n) is 17.3. The number of ether oxygens (including phenoxy) is 1. The van der Waals surface area contributed by atoms with Crippen LogP contribution in [0.3, 0.4) is 0 Å². The highest BCUT2D eigenvalue weighted by Crippen LogP contribution is 2.29. The molecule has 0 radical (unpaired) electrons. The van der Waals surface area contributed by atoms with Gasteiger partial charge in [-0.3, -0.25) is 9.69 Å². The minimum Gasteiger partial charge on any atom is -0.385 e. The Morgan fingerprint density at radius 3 is 2.59 bits per heavy atom. The lowest BCUT2D eigenvalue weighted by molar-refractivity contribution is 0.0624. The van der Waals surface area contributed by atoms with Gasteiger partial charge in [-0.05, 0) is 41.5 Å². The van der Waals surface area contributed by atoms with Gasteiger partial charge in [0, 0.05) is 76.5 Å². The zero-order valence-corrected chi connectivity index (χ0v) is 17.3. The molecule has 152 valence electrons. The van der Waals surface area contributed by atoms with Crippen LogP contribution in [-0.2, 0) is 11.8 Å². The van der Waals surface area contributed by atoms with E-state index in [1.165, 1.54) is 16.6 Å². The number of methoxy groups -OCH3 is 1. The topological polar surface area (TPSA) is 37.7 Å². The molecule has 1 aromatic heterocycles. The summed E-state index contributed by atoms with van der Waals surface area (Å²) in [5.74, 6) is 0.132. The summed E-state index contributed by atoms with van der Waals surface area (Å²) in [6, 6.07) is 16.6. The second-order valence-electron chi connectivity index (χ2n) is 7.73. The predicted molar refractivity (Wildman–Crippen MR) is 117 cm³/mol. The molecule has 0 saturated carbocycles. The van der Waals surface area contributed by atoms with Gasteiger partial charge in [0.05, 0.1) is 0 Å². The minimum absolute atomic E-state index is 0.132. The third kappa shape index (κ3) is 4.21. The van der Waals surface area contributed by atoms with Gasteiger partial charge in [0.2, 0.25) is 0 Å². The lowest BCUT2D eigenvalue weighted by atomic mass is 9.99. The summed E-state index contributed by atoms with van der Waals surface area (Å²) >= 11 is 0. The van der Waals surface area contributed by atoms with E-state index in [1.54, 1.807) is 7.11 Å². The summed E-state index contributed by atoms with van der Waals surface area (Å²) < 4.78 is 7.26. The molecule has 0 aliphatic carbocycles. The van der Waals surface area contributed by atoms with Crippen molar-refractivity contribution in [1.82, 2.24) is 14.4 Å². The van der Waals surface area contributed by atoms with Crippen LogP contribution in [0.5, 0.6) is 0 Å². The maximum absolute atomic E-state index is 13.1. The van der Waals surface area contributed by atoms with E-state index in [9.17, 15) is 4.79 Å². The molecule has 0 spiro atoms. The maximum atomic E-state index is 13.1. The van der Waals surface area contributed by atoms with Crippen LogP contribution in [0.1, 0.15) is 16.8 Å². The van der Waals surface area contributed by atoms with Crippen LogP contribution >= 0.6 is 0 Å². The van der Waals surface area contributed by atoms with Crippen LogP contribution < -0.4 is 0 Å². The number of amides is 1. The lowest BCUT2D eigenvalue weighted by Crippen LogP contribution is -2.48. The van der Waals surface area contributed by atoms with Crippen LogP contribution in [0.15, 0.2) is 54.7 Å². The van der Waals surface area contributed by atoms with Gasteiger partial charge in [-0.25, -0.2) is 0 Å². The normalized spacial score (nSPS) is 15.2. The van der Waals surface area contributed by atoms with Crippen LogP contribution in [0.2, 0.25) is 0 Å². The van der Waals surface area contributed by atoms with Crippen LogP contribution in [0.25, 0.3) is 22.0 Å². The van der Waals surface area contributed by atoms with Gasteiger partial charge in [0.15, 0.2) is 0 Å². The molecule has 29 heavy (non-hydrogen) atoms. The summed E-state index contributed by atoms with van der Waals surface area (Å²) in [7, 11) is 3.80. The summed E-state index contributed by atoms with van der Waals surface area (Å²) in [4.78, 5) is 17.5. The maximum Gasteiger partial charge on any atom is 0.253 e. The number of rotatable bonds is 6. The van der Waals surface area contributed by atoms with Crippen LogP contribution in [0, 0.1) is 0 Å². The second kappa shape index (κ2) is 8.80. The van der Waals surface area contributed by atoms with Crippen LogP contribution in [-0.4, -0.2) is 66.7 Å². The standard InChI is InChI=1S/C24H29N3O2/c1-25-11-4-8-23(25)22-7-3-6-19-18-20(9-10-21(19)22)24(28)27-15-13-26(14-16-27)12-5-17-29-2/h3-4,6-11,18H,5,12-17H2,1-2H3. The first-order chi connectivity index (χ1) is 14.2. The van der Waals surface area contributed by atoms with Crippen molar-refractivity contribution in [1.29, 1.82) is 0 Å². The van der Waals surface area contributed by atoms with E-state index in [1.807, 2.05) is 17.0 Å². The fourth-order valence-electron chi connectivity index (χ4n) is 4.17. The molecule has 1 saturated heterocycles. The molecule has 1 fully saturated rings. The molecule has 3 aromatic rings. The number of hydrogen-bond acceptors (Lipinski definition) is 3. The Balaban J connectivity index is 1.49. The largest absolute Gasteiger partial charge is 0.385 e. The van der Waals surface area contributed by atoms with Crippen molar-refractivity contribution in [3.63, 3.8) is 0 Å². The monoisotopic (exact) mass is 391 g/mol. The van der Waals surface area contributed by atoms with Crippen molar-refractivity contribution in [3.05, 3.63) is 60.3 Å². The van der Waals surface area contributed by atoms with Gasteiger partial charge in [-0.1, -0.05) is 24.3 Å². The predicted octanol–water partition coefficient (Wildman–Crippen LogP) is 3.64. The Labute approximate surface area is 172 Å². The quantitative estimate of drug-likeness (QED) is 0.602. The molecule has 4 rings (SSSR count). The number of hydrogen-bond donors (Lipinski definition) is 0. The molecule has 1 aliphatic rings. The SMILES string of the molecule is COCCCN1CCN(C(=O)c2ccc3c(-c4cccn4C)cccc3c2)CC1. The third-order valence-electron chi connectivity index (χ3n) is 5.83. The zero-order chi connectivity index (χ0) is 20.2. The molecule has 2 heterocycles. The van der Waals surface area contributed by atoms with Crippen molar-refractivity contribution < 1.29 is 9.53 Å². The van der Waals surface area contributed by atoms with Gasteiger partial charge in [0.25, 0.3) is 5.91 Å². The van der Waals surface area contributed by atoms with E-state index in [4.69, 9.17) is 4.74 Å². The molecular weight excluding hydrogens is 362 g/mol. The Hall–Kier alpha value is -2.63. The van der Waals surface area contributed by atoms with Crippen molar-refractivity contribution in [2.45, 2.75) is 6.42 Å². The number of carbonyl (C=O) groups is 1. The highest BCUT2D eigenvalue weighted by atomic mass is 16.5. The lowest BCUT2D eigenvalue weighted by Gasteiger charge is -2.34. The molecule has 5 heteroatoms. The Bertz CT molecular complexity index is 987. The van der Waals surface area contributed by atoms with Gasteiger partial charge < -0.3 is 14.2 Å². The van der Waals surface area contributed by atoms with Crippen molar-refractivity contribution >= 4 is 16.7 Å². The Kier molecular flexibility index (Phi) is 5.97. The summed E-state index contributed by atoms with van der Waals surface area (Å²) in [6.45, 7) is 5.26. The molecule has 0 bridgehead atoms. The summed E-state index contributed by atoms with van der Waals surface area (Å²) in [5, 5.41) is 2.28. The third-order valence-corrected chi connectivity index (χ3v) is 5.83. The smallest absolute Gasteiger partial charge is 0.253 e. The van der Waals surface area contributed by atoms with Crippen LogP contribution in [0.4, 0.5) is 0 Å². The number of piperazine rings is 1. The molecule has 5 nitrogen and oxygen atoms in total. The average Bonchev–Trinajstić information content (AvgIpc) is 3.18. The highest BCUT2D eigenvalue weighted by molar-refractivity contribution is 6.02. The van der Waals surface area contributed by atoms with Gasteiger partial charge in [-0.15, -0.1) is 0 Å². The van der Waals surface area contributed by atoms with Crippen molar-refractivity contribution in [2.24, 2.45) is 7.05 Å². The summed E-state index contributed by atoms with van der Waals surface area (Å²) in [5.41, 5.74) is 3.15. The molecule has 0 unspecified atom stereocenters. The molecule has 0 atom stereocenters. The first kappa shape index (κ1) is 19.7. The second-order valence-corrected chi connectivity index (χ2v) is 7.73. The first-order valence-corrected chi connectivity index (χ1v) is 10.3. The fourth-order valence-corrected chi connectivity index (χ4v) is 4.17. The Morgan fingerprint density at radius 1 is 1.03 bits per heavy atom. The molecule has 1 aliphatic heterocycles. The first-order valence-electron chi connectivity index (χ1n) is 10.3. The van der Waals surface area contributed by atoms with Crippen molar-refractivity contribution in [2.75, 3.05) is 46.4 Å². The molecule has 0 N–H and O–H groups in total. The van der Waals surface area contributed by atoms with E-state index in [2.05, 4.69) is 59.1 Å². The van der Waals surface area contributed by atoms with E-state index in [0.29, 0.717) is 0 Å². The summed E-state index contributed by atoms with van der Waals surface area (Å²) in [6.07, 6.45) is 3.10. The van der Waals surface area contributed by atoms with Gasteiger partial charge >= 0.3 is 0 Å². The Morgan fingerprint density at radius 2 is 1.86 bits per heavy atom. The van der Waals surface area contributed by atoms with E-state index in [-0.39, 0.29) is 5.91 Å². The number of benzene rings is 2. The number of carbonyl (C=O) groups excluding carboxylic acids is 1. The number of aromatic nitrogens is 1. The molecular formula is C24H29N3O2. The molecule has 1 amide bonds. The van der Waals surface area contributed by atoms with Gasteiger partial charge in [0.1, 0.15) is 0 Å². The minimum atomic E-state index is 0.132. The molecule has 2 aromatic carbocycles. The van der Waals surface area contributed by atoms with E-state index in [0.717, 1.165) is 56.7 Å². The average molecular weight is 392 g/mol. The van der Waals surface area contributed by atoms with Gasteiger partial charge in [-0.2, -0.15) is 0 Å². The number of aryl methyl sites for hydroxylation is 1. The fraction of sp³-hybridized carbons (Fsp3) is 0.375. The number of nitrogens with zero attached hydrogens (tertiary/aromatic N) is 3. The van der Waals surface area contributed by atoms with Crippen molar-refractivity contribution in [3.8, 4) is 11.3 Å². The number of fused-ring (bicyclic) bond motifs is 1. The highest BCUT2D eigenvalue weighted by Gasteiger charge is 2.22.